The normalized spacial score (nSPS) is 23.7. The molecule has 1 aliphatic rings. The number of carboxylic acid groups (broad SMARTS) is 1. The smallest absolute Gasteiger partial charge is 0.336 e. The van der Waals surface area contributed by atoms with Gasteiger partial charge in [-0.3, -0.25) is 0 Å². The van der Waals surface area contributed by atoms with Gasteiger partial charge in [0.25, 0.3) is 0 Å². The first-order valence-electron chi connectivity index (χ1n) is 6.12. The van der Waals surface area contributed by atoms with Crippen molar-refractivity contribution in [3.8, 4) is 0 Å². The Kier molecular flexibility index (Phi) is 4.74. The predicted octanol–water partition coefficient (Wildman–Crippen LogP) is 1.38. The number of hydrogen-bond donors (Lipinski definition) is 3. The van der Waals surface area contributed by atoms with E-state index in [0.29, 0.717) is 5.92 Å². The Bertz CT molecular complexity index is 234. The van der Waals surface area contributed by atoms with Crippen LogP contribution in [0.2, 0.25) is 0 Å². The van der Waals surface area contributed by atoms with Gasteiger partial charge in [-0.1, -0.05) is 19.3 Å². The Labute approximate surface area is 97.0 Å². The van der Waals surface area contributed by atoms with Gasteiger partial charge in [-0.25, -0.2) is 4.79 Å². The Morgan fingerprint density at radius 3 is 2.50 bits per heavy atom. The molecule has 0 spiro atoms. The highest BCUT2D eigenvalue weighted by atomic mass is 16.4. The van der Waals surface area contributed by atoms with Crippen molar-refractivity contribution < 1.29 is 15.0 Å². The van der Waals surface area contributed by atoms with Crippen LogP contribution in [0.1, 0.15) is 46.0 Å². The molecular weight excluding hydrogens is 206 g/mol. The standard InChI is InChI=1S/C12H23NO3/c1-9(10-6-4-3-5-7-10)13-8-12(2,16)11(14)15/h9-10,13,16H,3-8H2,1-2H3,(H,14,15). The molecule has 0 saturated heterocycles. The number of carbonyl (C=O) groups is 1. The van der Waals surface area contributed by atoms with E-state index < -0.39 is 11.6 Å². The molecule has 3 N–H and O–H groups in total. The average molecular weight is 229 g/mol. The van der Waals surface area contributed by atoms with Crippen molar-refractivity contribution in [2.45, 2.75) is 57.6 Å². The summed E-state index contributed by atoms with van der Waals surface area (Å²) < 4.78 is 0. The third kappa shape index (κ3) is 3.76. The molecule has 1 rings (SSSR count). The van der Waals surface area contributed by atoms with Crippen LogP contribution in [0.4, 0.5) is 0 Å². The second-order valence-corrected chi connectivity index (χ2v) is 5.15. The number of carboxylic acids is 1. The van der Waals surface area contributed by atoms with Gasteiger partial charge in [-0.15, -0.1) is 0 Å². The van der Waals surface area contributed by atoms with Crippen LogP contribution in [0.3, 0.4) is 0 Å². The van der Waals surface area contributed by atoms with E-state index >= 15 is 0 Å². The maximum absolute atomic E-state index is 10.7. The van der Waals surface area contributed by atoms with Gasteiger partial charge >= 0.3 is 5.97 Å². The molecule has 16 heavy (non-hydrogen) atoms. The van der Waals surface area contributed by atoms with E-state index in [0.717, 1.165) is 0 Å². The van der Waals surface area contributed by atoms with E-state index in [1.54, 1.807) is 0 Å². The number of nitrogens with one attached hydrogen (secondary N) is 1. The SMILES string of the molecule is CC(NCC(C)(O)C(=O)O)C1CCCCC1. The summed E-state index contributed by atoms with van der Waals surface area (Å²) in [5, 5.41) is 21.5. The van der Waals surface area contributed by atoms with Crippen LogP contribution in [-0.2, 0) is 4.79 Å². The van der Waals surface area contributed by atoms with Crippen molar-refractivity contribution in [1.29, 1.82) is 0 Å². The van der Waals surface area contributed by atoms with Crippen LogP contribution in [0.5, 0.6) is 0 Å². The summed E-state index contributed by atoms with van der Waals surface area (Å²) in [4.78, 5) is 10.7. The van der Waals surface area contributed by atoms with Gasteiger partial charge in [0.15, 0.2) is 5.60 Å². The zero-order valence-corrected chi connectivity index (χ0v) is 10.2. The minimum absolute atomic E-state index is 0.111. The molecule has 0 bridgehead atoms. The van der Waals surface area contributed by atoms with Crippen molar-refractivity contribution in [3.05, 3.63) is 0 Å². The van der Waals surface area contributed by atoms with Gasteiger partial charge in [0, 0.05) is 12.6 Å². The lowest BCUT2D eigenvalue weighted by Crippen LogP contribution is -2.48. The molecule has 0 aromatic rings. The number of aliphatic carboxylic acids is 1. The summed E-state index contributed by atoms with van der Waals surface area (Å²) in [5.74, 6) is -0.547. The van der Waals surface area contributed by atoms with Gasteiger partial charge in [0.05, 0.1) is 0 Å². The topological polar surface area (TPSA) is 69.6 Å². The van der Waals surface area contributed by atoms with Crippen LogP contribution in [-0.4, -0.2) is 34.4 Å². The van der Waals surface area contributed by atoms with E-state index in [4.69, 9.17) is 5.11 Å². The molecule has 0 amide bonds. The van der Waals surface area contributed by atoms with Crippen LogP contribution >= 0.6 is 0 Å². The van der Waals surface area contributed by atoms with Gasteiger partial charge in [0.2, 0.25) is 0 Å². The zero-order chi connectivity index (χ0) is 12.2. The van der Waals surface area contributed by atoms with Crippen molar-refractivity contribution >= 4 is 5.97 Å². The molecule has 0 heterocycles. The van der Waals surface area contributed by atoms with E-state index in [2.05, 4.69) is 12.2 Å². The number of aliphatic hydroxyl groups is 1. The molecule has 2 unspecified atom stereocenters. The molecular formula is C12H23NO3. The summed E-state index contributed by atoms with van der Waals surface area (Å²) in [6.45, 7) is 3.52. The van der Waals surface area contributed by atoms with Crippen LogP contribution in [0.15, 0.2) is 0 Å². The maximum Gasteiger partial charge on any atom is 0.336 e. The Morgan fingerprint density at radius 2 is 2.00 bits per heavy atom. The lowest BCUT2D eigenvalue weighted by atomic mass is 9.84. The molecule has 0 aromatic heterocycles. The van der Waals surface area contributed by atoms with E-state index in [9.17, 15) is 9.90 Å². The lowest BCUT2D eigenvalue weighted by molar-refractivity contribution is -0.156. The number of hydrogen-bond acceptors (Lipinski definition) is 3. The minimum atomic E-state index is -1.66. The van der Waals surface area contributed by atoms with Gasteiger partial charge in [-0.05, 0) is 32.6 Å². The maximum atomic E-state index is 10.7. The van der Waals surface area contributed by atoms with E-state index in [1.165, 1.54) is 39.0 Å². The molecule has 0 aliphatic heterocycles. The highest BCUT2D eigenvalue weighted by Gasteiger charge is 2.31. The third-order valence-corrected chi connectivity index (χ3v) is 3.59. The second kappa shape index (κ2) is 5.64. The van der Waals surface area contributed by atoms with Crippen LogP contribution in [0.25, 0.3) is 0 Å². The zero-order valence-electron chi connectivity index (χ0n) is 10.2. The third-order valence-electron chi connectivity index (χ3n) is 3.59. The first kappa shape index (κ1) is 13.5. The molecule has 1 fully saturated rings. The van der Waals surface area contributed by atoms with Crippen molar-refractivity contribution in [3.63, 3.8) is 0 Å². The highest BCUT2D eigenvalue weighted by Crippen LogP contribution is 2.26. The van der Waals surface area contributed by atoms with Crippen LogP contribution < -0.4 is 5.32 Å². The summed E-state index contributed by atoms with van der Waals surface area (Å²) in [5.41, 5.74) is -1.66. The summed E-state index contributed by atoms with van der Waals surface area (Å²) in [7, 11) is 0. The van der Waals surface area contributed by atoms with Crippen molar-refractivity contribution in [1.82, 2.24) is 5.32 Å². The monoisotopic (exact) mass is 229 g/mol. The van der Waals surface area contributed by atoms with Gasteiger partial charge in [0.1, 0.15) is 0 Å². The molecule has 2 atom stereocenters. The Hall–Kier alpha value is -0.610. The molecule has 1 saturated carbocycles. The molecule has 4 heteroatoms. The fourth-order valence-electron chi connectivity index (χ4n) is 2.24. The quantitative estimate of drug-likeness (QED) is 0.666. The molecule has 1 aliphatic carbocycles. The molecule has 0 aromatic carbocycles. The summed E-state index contributed by atoms with van der Waals surface area (Å²) >= 11 is 0. The average Bonchev–Trinajstić information content (AvgIpc) is 2.27. The fourth-order valence-corrected chi connectivity index (χ4v) is 2.24. The van der Waals surface area contributed by atoms with Crippen LogP contribution in [0, 0.1) is 5.92 Å². The molecule has 0 radical (unpaired) electrons. The first-order valence-corrected chi connectivity index (χ1v) is 6.12. The fraction of sp³-hybridized carbons (Fsp3) is 0.917. The lowest BCUT2D eigenvalue weighted by Gasteiger charge is -2.30. The summed E-state index contributed by atoms with van der Waals surface area (Å²) in [6.07, 6.45) is 6.28. The van der Waals surface area contributed by atoms with Gasteiger partial charge < -0.3 is 15.5 Å². The van der Waals surface area contributed by atoms with Crippen molar-refractivity contribution in [2.24, 2.45) is 5.92 Å². The summed E-state index contributed by atoms with van der Waals surface area (Å²) in [6, 6.07) is 0.283. The molecule has 4 nitrogen and oxygen atoms in total. The number of rotatable bonds is 5. The largest absolute Gasteiger partial charge is 0.479 e. The Balaban J connectivity index is 2.33. The first-order chi connectivity index (χ1) is 7.43. The minimum Gasteiger partial charge on any atom is -0.479 e. The van der Waals surface area contributed by atoms with Crippen molar-refractivity contribution in [2.75, 3.05) is 6.54 Å². The second-order valence-electron chi connectivity index (χ2n) is 5.15. The Morgan fingerprint density at radius 1 is 1.44 bits per heavy atom. The predicted molar refractivity (Wildman–Crippen MR) is 62.3 cm³/mol. The van der Waals surface area contributed by atoms with Gasteiger partial charge in [-0.2, -0.15) is 0 Å². The highest BCUT2D eigenvalue weighted by molar-refractivity contribution is 5.76. The molecule has 94 valence electrons. The van der Waals surface area contributed by atoms with E-state index in [-0.39, 0.29) is 12.6 Å². The van der Waals surface area contributed by atoms with E-state index in [1.807, 2.05) is 0 Å².